The molecule has 2 aliphatic rings. The van der Waals surface area contributed by atoms with Gasteiger partial charge in [-0.05, 0) is 31.6 Å². The van der Waals surface area contributed by atoms with Crippen molar-refractivity contribution in [1.29, 1.82) is 0 Å². The maximum atomic E-state index is 11.6. The molecule has 1 amide bonds. The second kappa shape index (κ2) is 3.25. The molecule has 3 heteroatoms. The number of carbonyl (C=O) groups excluding carboxylic acids is 1. The van der Waals surface area contributed by atoms with Gasteiger partial charge in [-0.2, -0.15) is 0 Å². The molecule has 12 heavy (non-hydrogen) atoms. The second-order valence-corrected chi connectivity index (χ2v) is 4.24. The summed E-state index contributed by atoms with van der Waals surface area (Å²) in [7, 11) is 0. The standard InChI is InChI=1S/C9H14ClNO/c10-8(7-3-4-7)9(12)11-5-1-2-6-11/h7-8H,1-6H2. The minimum absolute atomic E-state index is 0.177. The fourth-order valence-corrected chi connectivity index (χ4v) is 2.09. The van der Waals surface area contributed by atoms with Crippen molar-refractivity contribution in [3.63, 3.8) is 0 Å². The quantitative estimate of drug-likeness (QED) is 0.602. The van der Waals surface area contributed by atoms with Crippen LogP contribution in [0.5, 0.6) is 0 Å². The van der Waals surface area contributed by atoms with E-state index in [0.717, 1.165) is 38.8 Å². The Labute approximate surface area is 77.9 Å². The van der Waals surface area contributed by atoms with E-state index in [-0.39, 0.29) is 11.3 Å². The largest absolute Gasteiger partial charge is 0.341 e. The van der Waals surface area contributed by atoms with E-state index in [2.05, 4.69) is 0 Å². The van der Waals surface area contributed by atoms with E-state index in [0.29, 0.717) is 5.92 Å². The van der Waals surface area contributed by atoms with Crippen LogP contribution in [0.1, 0.15) is 25.7 Å². The normalized spacial score (nSPS) is 25.9. The minimum atomic E-state index is -0.219. The predicted octanol–water partition coefficient (Wildman–Crippen LogP) is 1.63. The Morgan fingerprint density at radius 1 is 1.33 bits per heavy atom. The van der Waals surface area contributed by atoms with Crippen LogP contribution in [0, 0.1) is 5.92 Å². The lowest BCUT2D eigenvalue weighted by Crippen LogP contribution is -2.35. The average Bonchev–Trinajstić information content (AvgIpc) is 2.79. The topological polar surface area (TPSA) is 20.3 Å². The number of hydrogen-bond donors (Lipinski definition) is 0. The number of amides is 1. The average molecular weight is 188 g/mol. The fourth-order valence-electron chi connectivity index (χ4n) is 1.70. The third-order valence-corrected chi connectivity index (χ3v) is 3.23. The molecule has 0 bridgehead atoms. The second-order valence-electron chi connectivity index (χ2n) is 3.77. The van der Waals surface area contributed by atoms with Crippen LogP contribution < -0.4 is 0 Å². The molecular formula is C9H14ClNO. The summed E-state index contributed by atoms with van der Waals surface area (Å²) in [6.45, 7) is 1.85. The zero-order chi connectivity index (χ0) is 8.55. The smallest absolute Gasteiger partial charge is 0.240 e. The van der Waals surface area contributed by atoms with Crippen LogP contribution in [-0.2, 0) is 4.79 Å². The van der Waals surface area contributed by atoms with Crippen LogP contribution in [0.25, 0.3) is 0 Å². The van der Waals surface area contributed by atoms with Crippen molar-refractivity contribution in [2.45, 2.75) is 31.1 Å². The molecule has 2 fully saturated rings. The van der Waals surface area contributed by atoms with Gasteiger partial charge in [0.15, 0.2) is 0 Å². The van der Waals surface area contributed by atoms with Gasteiger partial charge in [-0.3, -0.25) is 4.79 Å². The van der Waals surface area contributed by atoms with Crippen molar-refractivity contribution in [1.82, 2.24) is 4.90 Å². The fraction of sp³-hybridized carbons (Fsp3) is 0.889. The van der Waals surface area contributed by atoms with E-state index in [1.165, 1.54) is 0 Å². The summed E-state index contributed by atoms with van der Waals surface area (Å²) in [6.07, 6.45) is 4.60. The van der Waals surface area contributed by atoms with E-state index in [4.69, 9.17) is 11.6 Å². The highest BCUT2D eigenvalue weighted by atomic mass is 35.5. The summed E-state index contributed by atoms with van der Waals surface area (Å²) in [6, 6.07) is 0. The van der Waals surface area contributed by atoms with Crippen molar-refractivity contribution in [2.75, 3.05) is 13.1 Å². The van der Waals surface area contributed by atoms with Gasteiger partial charge in [0.2, 0.25) is 5.91 Å². The van der Waals surface area contributed by atoms with E-state index in [1.54, 1.807) is 0 Å². The highest BCUT2D eigenvalue weighted by Crippen LogP contribution is 2.36. The maximum absolute atomic E-state index is 11.6. The number of hydrogen-bond acceptors (Lipinski definition) is 1. The monoisotopic (exact) mass is 187 g/mol. The molecule has 0 N–H and O–H groups in total. The molecular weight excluding hydrogens is 174 g/mol. The zero-order valence-corrected chi connectivity index (χ0v) is 7.89. The maximum Gasteiger partial charge on any atom is 0.240 e. The van der Waals surface area contributed by atoms with Gasteiger partial charge in [0.1, 0.15) is 5.38 Å². The molecule has 0 spiro atoms. The predicted molar refractivity (Wildman–Crippen MR) is 48.2 cm³/mol. The molecule has 0 aromatic carbocycles. The Kier molecular flexibility index (Phi) is 2.26. The summed E-state index contributed by atoms with van der Waals surface area (Å²) in [5.41, 5.74) is 0. The van der Waals surface area contributed by atoms with Gasteiger partial charge >= 0.3 is 0 Å². The first-order valence-corrected chi connectivity index (χ1v) is 5.15. The molecule has 1 aliphatic carbocycles. The van der Waals surface area contributed by atoms with E-state index in [9.17, 15) is 4.79 Å². The summed E-state index contributed by atoms with van der Waals surface area (Å²) in [5.74, 6) is 0.663. The molecule has 0 radical (unpaired) electrons. The lowest BCUT2D eigenvalue weighted by atomic mass is 10.2. The number of halogens is 1. The third-order valence-electron chi connectivity index (χ3n) is 2.69. The minimum Gasteiger partial charge on any atom is -0.341 e. The molecule has 2 rings (SSSR count). The van der Waals surface area contributed by atoms with Crippen LogP contribution in [0.15, 0.2) is 0 Å². The first kappa shape index (κ1) is 8.36. The van der Waals surface area contributed by atoms with Gasteiger partial charge in [0, 0.05) is 13.1 Å². The van der Waals surface area contributed by atoms with Crippen LogP contribution in [0.2, 0.25) is 0 Å². The van der Waals surface area contributed by atoms with Crippen molar-refractivity contribution >= 4 is 17.5 Å². The van der Waals surface area contributed by atoms with E-state index < -0.39 is 0 Å². The first-order chi connectivity index (χ1) is 5.79. The lowest BCUT2D eigenvalue weighted by molar-refractivity contribution is -0.130. The highest BCUT2D eigenvalue weighted by Gasteiger charge is 2.37. The SMILES string of the molecule is O=C(C(Cl)C1CC1)N1CCCC1. The van der Waals surface area contributed by atoms with Crippen molar-refractivity contribution < 1.29 is 4.79 Å². The zero-order valence-electron chi connectivity index (χ0n) is 7.13. The Bertz CT molecular complexity index is 181. The molecule has 0 aromatic heterocycles. The van der Waals surface area contributed by atoms with Gasteiger partial charge in [-0.1, -0.05) is 0 Å². The molecule has 1 saturated heterocycles. The van der Waals surface area contributed by atoms with Gasteiger partial charge in [-0.25, -0.2) is 0 Å². The van der Waals surface area contributed by atoms with Crippen LogP contribution >= 0.6 is 11.6 Å². The first-order valence-electron chi connectivity index (χ1n) is 4.72. The number of carbonyl (C=O) groups is 1. The van der Waals surface area contributed by atoms with Gasteiger partial charge in [0.05, 0.1) is 0 Å². The molecule has 1 unspecified atom stereocenters. The summed E-state index contributed by atoms with van der Waals surface area (Å²) < 4.78 is 0. The van der Waals surface area contributed by atoms with Crippen LogP contribution in [0.3, 0.4) is 0 Å². The Morgan fingerprint density at radius 2 is 1.92 bits per heavy atom. The van der Waals surface area contributed by atoms with Crippen molar-refractivity contribution in [3.05, 3.63) is 0 Å². The summed E-state index contributed by atoms with van der Waals surface area (Å²) in [5, 5.41) is -0.219. The van der Waals surface area contributed by atoms with Crippen molar-refractivity contribution in [3.8, 4) is 0 Å². The molecule has 1 aliphatic heterocycles. The third kappa shape index (κ3) is 1.58. The molecule has 2 nitrogen and oxygen atoms in total. The van der Waals surface area contributed by atoms with E-state index >= 15 is 0 Å². The van der Waals surface area contributed by atoms with Crippen LogP contribution in [-0.4, -0.2) is 29.3 Å². The van der Waals surface area contributed by atoms with Gasteiger partial charge in [0.25, 0.3) is 0 Å². The number of rotatable bonds is 2. The lowest BCUT2D eigenvalue weighted by Gasteiger charge is -2.18. The Balaban J connectivity index is 1.88. The Morgan fingerprint density at radius 3 is 2.42 bits per heavy atom. The number of nitrogens with zero attached hydrogens (tertiary/aromatic N) is 1. The summed E-state index contributed by atoms with van der Waals surface area (Å²) in [4.78, 5) is 13.5. The highest BCUT2D eigenvalue weighted by molar-refractivity contribution is 6.31. The van der Waals surface area contributed by atoms with E-state index in [1.807, 2.05) is 4.90 Å². The number of likely N-dealkylation sites (tertiary alicyclic amines) is 1. The molecule has 68 valence electrons. The van der Waals surface area contributed by atoms with Gasteiger partial charge < -0.3 is 4.90 Å². The molecule has 1 atom stereocenters. The van der Waals surface area contributed by atoms with Crippen LogP contribution in [0.4, 0.5) is 0 Å². The number of alkyl halides is 1. The molecule has 1 saturated carbocycles. The van der Waals surface area contributed by atoms with Gasteiger partial charge in [-0.15, -0.1) is 11.6 Å². The molecule has 1 heterocycles. The summed E-state index contributed by atoms with van der Waals surface area (Å²) >= 11 is 6.02. The van der Waals surface area contributed by atoms with Crippen molar-refractivity contribution in [2.24, 2.45) is 5.92 Å². The molecule has 0 aromatic rings. The Hall–Kier alpha value is -0.240.